The summed E-state index contributed by atoms with van der Waals surface area (Å²) in [5.74, 6) is 0.319. The summed E-state index contributed by atoms with van der Waals surface area (Å²) in [6.07, 6.45) is 2.59. The molecule has 0 saturated carbocycles. The lowest BCUT2D eigenvalue weighted by Gasteiger charge is -2.38. The van der Waals surface area contributed by atoms with Crippen molar-refractivity contribution in [1.29, 1.82) is 0 Å². The maximum Gasteiger partial charge on any atom is 0.321 e. The van der Waals surface area contributed by atoms with Crippen LogP contribution in [-0.2, 0) is 11.2 Å². The van der Waals surface area contributed by atoms with Gasteiger partial charge in [-0.2, -0.15) is 0 Å². The van der Waals surface area contributed by atoms with Gasteiger partial charge in [0.1, 0.15) is 0 Å². The molecular formula is C23H30N4O2S. The van der Waals surface area contributed by atoms with Crippen LogP contribution in [0.2, 0.25) is 0 Å². The number of nitrogens with zero attached hydrogens (tertiary/aromatic N) is 3. The molecule has 6 nitrogen and oxygen atoms in total. The molecule has 7 heteroatoms. The molecule has 2 aliphatic heterocycles. The molecule has 2 aliphatic rings. The topological polar surface area (TPSA) is 55.9 Å². The standard InChI is InChI=1S/C23H30N4O2S/c28-22(26-16-14-25(15-17-26)11-10-21-7-4-18-30-21)19-8-12-27(13-9-19)23(29)24-20-5-2-1-3-6-20/h1-7,18-19H,8-17H2,(H,24,29). The molecule has 0 radical (unpaired) electrons. The minimum atomic E-state index is -0.0774. The second-order valence-electron chi connectivity index (χ2n) is 8.05. The normalized spacial score (nSPS) is 18.4. The van der Waals surface area contributed by atoms with Gasteiger partial charge in [0.25, 0.3) is 0 Å². The molecular weight excluding hydrogens is 396 g/mol. The van der Waals surface area contributed by atoms with Gasteiger partial charge in [0.15, 0.2) is 0 Å². The van der Waals surface area contributed by atoms with E-state index in [2.05, 4.69) is 27.7 Å². The lowest BCUT2D eigenvalue weighted by Crippen LogP contribution is -2.52. The molecule has 1 aromatic heterocycles. The number of piperazine rings is 1. The fraction of sp³-hybridized carbons (Fsp3) is 0.478. The first-order valence-corrected chi connectivity index (χ1v) is 11.7. The summed E-state index contributed by atoms with van der Waals surface area (Å²) >= 11 is 1.81. The number of benzene rings is 1. The van der Waals surface area contributed by atoms with E-state index in [4.69, 9.17) is 0 Å². The van der Waals surface area contributed by atoms with E-state index in [1.54, 1.807) is 0 Å². The lowest BCUT2D eigenvalue weighted by molar-refractivity contribution is -0.138. The average Bonchev–Trinajstić information content (AvgIpc) is 3.32. The van der Waals surface area contributed by atoms with E-state index < -0.39 is 0 Å². The Bertz CT molecular complexity index is 811. The van der Waals surface area contributed by atoms with Crippen molar-refractivity contribution in [2.45, 2.75) is 19.3 Å². The molecule has 0 unspecified atom stereocenters. The molecule has 0 spiro atoms. The van der Waals surface area contributed by atoms with Crippen LogP contribution in [0, 0.1) is 5.92 Å². The number of piperidine rings is 1. The molecule has 1 N–H and O–H groups in total. The summed E-state index contributed by atoms with van der Waals surface area (Å²) in [4.78, 5) is 33.1. The smallest absolute Gasteiger partial charge is 0.321 e. The molecule has 3 heterocycles. The van der Waals surface area contributed by atoms with Crippen molar-refractivity contribution in [2.24, 2.45) is 5.92 Å². The summed E-state index contributed by atoms with van der Waals surface area (Å²) < 4.78 is 0. The van der Waals surface area contributed by atoms with E-state index in [0.717, 1.165) is 57.7 Å². The zero-order chi connectivity index (χ0) is 20.8. The molecule has 160 valence electrons. The number of urea groups is 1. The first-order chi connectivity index (χ1) is 14.7. The van der Waals surface area contributed by atoms with E-state index in [9.17, 15) is 9.59 Å². The van der Waals surface area contributed by atoms with E-state index >= 15 is 0 Å². The van der Waals surface area contributed by atoms with Gasteiger partial charge in [-0.05, 0) is 42.8 Å². The van der Waals surface area contributed by atoms with Crippen molar-refractivity contribution in [2.75, 3.05) is 51.1 Å². The van der Waals surface area contributed by atoms with Crippen molar-refractivity contribution >= 4 is 29.0 Å². The van der Waals surface area contributed by atoms with Gasteiger partial charge in [0.05, 0.1) is 0 Å². The largest absolute Gasteiger partial charge is 0.340 e. The minimum Gasteiger partial charge on any atom is -0.340 e. The highest BCUT2D eigenvalue weighted by Crippen LogP contribution is 2.21. The highest BCUT2D eigenvalue weighted by molar-refractivity contribution is 7.09. The number of carbonyl (C=O) groups excluding carboxylic acids is 2. The Hall–Kier alpha value is -2.38. The van der Waals surface area contributed by atoms with E-state index in [-0.39, 0.29) is 17.9 Å². The number of nitrogens with one attached hydrogen (secondary N) is 1. The molecule has 4 rings (SSSR count). The van der Waals surface area contributed by atoms with Crippen LogP contribution in [0.15, 0.2) is 47.8 Å². The van der Waals surface area contributed by atoms with Crippen LogP contribution < -0.4 is 5.32 Å². The van der Waals surface area contributed by atoms with E-state index in [1.165, 1.54) is 4.88 Å². The molecule has 2 saturated heterocycles. The van der Waals surface area contributed by atoms with Gasteiger partial charge in [-0.15, -0.1) is 11.3 Å². The number of rotatable bonds is 5. The summed E-state index contributed by atoms with van der Waals surface area (Å²) in [6, 6.07) is 13.7. The van der Waals surface area contributed by atoms with Crippen molar-refractivity contribution in [3.63, 3.8) is 0 Å². The van der Waals surface area contributed by atoms with E-state index in [0.29, 0.717) is 13.1 Å². The van der Waals surface area contributed by atoms with Gasteiger partial charge >= 0.3 is 6.03 Å². The molecule has 0 aliphatic carbocycles. The fourth-order valence-electron chi connectivity index (χ4n) is 4.23. The molecule has 3 amide bonds. The fourth-order valence-corrected chi connectivity index (χ4v) is 4.92. The number of para-hydroxylation sites is 1. The Kier molecular flexibility index (Phi) is 7.02. The third-order valence-corrected chi connectivity index (χ3v) is 7.03. The van der Waals surface area contributed by atoms with Gasteiger partial charge < -0.3 is 15.1 Å². The van der Waals surface area contributed by atoms with Gasteiger partial charge in [-0.25, -0.2) is 4.79 Å². The number of hydrogen-bond acceptors (Lipinski definition) is 4. The lowest BCUT2D eigenvalue weighted by atomic mass is 9.95. The summed E-state index contributed by atoms with van der Waals surface area (Å²) in [5.41, 5.74) is 0.803. The average molecular weight is 427 g/mol. The summed E-state index contributed by atoms with van der Waals surface area (Å²) in [6.45, 7) is 5.88. The molecule has 0 bridgehead atoms. The number of hydrogen-bond donors (Lipinski definition) is 1. The first kappa shape index (κ1) is 20.9. The van der Waals surface area contributed by atoms with Gasteiger partial charge in [-0.1, -0.05) is 24.3 Å². The third kappa shape index (κ3) is 5.40. The summed E-state index contributed by atoms with van der Waals surface area (Å²) in [7, 11) is 0. The predicted molar refractivity (Wildman–Crippen MR) is 121 cm³/mol. The number of amides is 3. The Balaban J connectivity index is 1.18. The first-order valence-electron chi connectivity index (χ1n) is 10.8. The highest BCUT2D eigenvalue weighted by atomic mass is 32.1. The Morgan fingerprint density at radius 2 is 1.63 bits per heavy atom. The maximum absolute atomic E-state index is 13.0. The number of likely N-dealkylation sites (tertiary alicyclic amines) is 1. The number of carbonyl (C=O) groups is 2. The molecule has 2 aromatic rings. The number of thiophene rings is 1. The third-order valence-electron chi connectivity index (χ3n) is 6.09. The second kappa shape index (κ2) is 10.1. The predicted octanol–water partition coefficient (Wildman–Crippen LogP) is 3.38. The van der Waals surface area contributed by atoms with Crippen LogP contribution in [0.3, 0.4) is 0 Å². The van der Waals surface area contributed by atoms with Gasteiger partial charge in [0.2, 0.25) is 5.91 Å². The molecule has 2 fully saturated rings. The SMILES string of the molecule is O=C(Nc1ccccc1)N1CCC(C(=O)N2CCN(CCc3cccs3)CC2)CC1. The van der Waals surface area contributed by atoms with Crippen LogP contribution in [0.5, 0.6) is 0 Å². The monoisotopic (exact) mass is 426 g/mol. The summed E-state index contributed by atoms with van der Waals surface area (Å²) in [5, 5.41) is 5.06. The van der Waals surface area contributed by atoms with Crippen LogP contribution >= 0.6 is 11.3 Å². The van der Waals surface area contributed by atoms with Crippen LogP contribution in [0.25, 0.3) is 0 Å². The van der Waals surface area contributed by atoms with Crippen LogP contribution in [0.4, 0.5) is 10.5 Å². The second-order valence-corrected chi connectivity index (χ2v) is 9.09. The van der Waals surface area contributed by atoms with Gasteiger partial charge in [0, 0.05) is 62.3 Å². The van der Waals surface area contributed by atoms with E-state index in [1.807, 2.05) is 51.5 Å². The van der Waals surface area contributed by atoms with Crippen LogP contribution in [0.1, 0.15) is 17.7 Å². The maximum atomic E-state index is 13.0. The quantitative estimate of drug-likeness (QED) is 0.798. The van der Waals surface area contributed by atoms with Crippen molar-refractivity contribution in [3.05, 3.63) is 52.7 Å². The van der Waals surface area contributed by atoms with Gasteiger partial charge in [-0.3, -0.25) is 9.69 Å². The van der Waals surface area contributed by atoms with Crippen molar-refractivity contribution in [3.8, 4) is 0 Å². The molecule has 30 heavy (non-hydrogen) atoms. The molecule has 0 atom stereocenters. The minimum absolute atomic E-state index is 0.0449. The Morgan fingerprint density at radius 1 is 0.900 bits per heavy atom. The Morgan fingerprint density at radius 3 is 2.30 bits per heavy atom. The zero-order valence-electron chi connectivity index (χ0n) is 17.3. The van der Waals surface area contributed by atoms with Crippen LogP contribution in [-0.4, -0.2) is 72.5 Å². The Labute approximate surface area is 182 Å². The van der Waals surface area contributed by atoms with Crippen molar-refractivity contribution < 1.29 is 9.59 Å². The zero-order valence-corrected chi connectivity index (χ0v) is 18.2. The van der Waals surface area contributed by atoms with Crippen molar-refractivity contribution in [1.82, 2.24) is 14.7 Å². The highest BCUT2D eigenvalue weighted by Gasteiger charge is 2.31. The molecule has 1 aromatic carbocycles. The number of anilines is 1.